The third-order valence-electron chi connectivity index (χ3n) is 7.94. The number of aryl methyl sites for hydroxylation is 1. The summed E-state index contributed by atoms with van der Waals surface area (Å²) in [5, 5.41) is 7.53. The molecule has 1 amide bonds. The van der Waals surface area contributed by atoms with E-state index in [1.165, 1.54) is 36.1 Å². The van der Waals surface area contributed by atoms with Crippen LogP contribution in [0.2, 0.25) is 5.02 Å². The number of fused-ring (bicyclic) bond motifs is 7. The number of halogens is 1. The normalized spacial score (nSPS) is 27.4. The molecule has 0 aromatic heterocycles. The Bertz CT molecular complexity index is 1190. The molecule has 0 spiro atoms. The van der Waals surface area contributed by atoms with E-state index >= 15 is 0 Å². The lowest BCUT2D eigenvalue weighted by Crippen LogP contribution is -2.35. The summed E-state index contributed by atoms with van der Waals surface area (Å²) in [7, 11) is 0. The van der Waals surface area contributed by atoms with Crippen molar-refractivity contribution in [1.29, 1.82) is 0 Å². The summed E-state index contributed by atoms with van der Waals surface area (Å²) in [5.74, 6) is 2.53. The second-order valence-electron chi connectivity index (χ2n) is 9.69. The van der Waals surface area contributed by atoms with Crippen LogP contribution in [-0.4, -0.2) is 5.91 Å². The van der Waals surface area contributed by atoms with Gasteiger partial charge in [-0.25, -0.2) is 0 Å². The van der Waals surface area contributed by atoms with Gasteiger partial charge in [-0.2, -0.15) is 0 Å². The second-order valence-corrected chi connectivity index (χ2v) is 10.1. The molecule has 32 heavy (non-hydrogen) atoms. The first-order chi connectivity index (χ1) is 15.6. The summed E-state index contributed by atoms with van der Waals surface area (Å²) < 4.78 is 0. The Kier molecular flexibility index (Phi) is 4.76. The Hall–Kier alpha value is -2.78. The van der Waals surface area contributed by atoms with Crippen LogP contribution in [-0.2, 0) is 0 Å². The molecule has 2 saturated carbocycles. The number of rotatable bonds is 3. The summed E-state index contributed by atoms with van der Waals surface area (Å²) >= 11 is 6.24. The van der Waals surface area contributed by atoms with Crippen molar-refractivity contribution in [3.05, 3.63) is 94.0 Å². The first-order valence-corrected chi connectivity index (χ1v) is 12.0. The molecule has 3 nitrogen and oxygen atoms in total. The summed E-state index contributed by atoms with van der Waals surface area (Å²) in [6, 6.07) is 23.0. The zero-order valence-corrected chi connectivity index (χ0v) is 18.9. The molecule has 3 aromatic rings. The van der Waals surface area contributed by atoms with Crippen molar-refractivity contribution in [3.8, 4) is 0 Å². The van der Waals surface area contributed by atoms with Gasteiger partial charge in [0.2, 0.25) is 0 Å². The molecule has 1 heterocycles. The van der Waals surface area contributed by atoms with Gasteiger partial charge in [-0.15, -0.1) is 0 Å². The smallest absolute Gasteiger partial charge is 0.255 e. The summed E-state index contributed by atoms with van der Waals surface area (Å²) in [5.41, 5.74) is 6.32. The third kappa shape index (κ3) is 3.22. The molecule has 6 rings (SSSR count). The Morgan fingerprint density at radius 3 is 2.62 bits per heavy atom. The van der Waals surface area contributed by atoms with Crippen molar-refractivity contribution in [2.24, 2.45) is 17.8 Å². The van der Waals surface area contributed by atoms with E-state index in [0.29, 0.717) is 28.5 Å². The highest BCUT2D eigenvalue weighted by Gasteiger charge is 2.53. The highest BCUT2D eigenvalue weighted by Crippen LogP contribution is 2.63. The highest BCUT2D eigenvalue weighted by molar-refractivity contribution is 6.31. The second kappa shape index (κ2) is 7.67. The topological polar surface area (TPSA) is 41.1 Å². The van der Waals surface area contributed by atoms with Crippen molar-refractivity contribution in [1.82, 2.24) is 0 Å². The molecule has 2 bridgehead atoms. The van der Waals surface area contributed by atoms with Gasteiger partial charge in [0.15, 0.2) is 0 Å². The van der Waals surface area contributed by atoms with E-state index in [0.717, 1.165) is 23.1 Å². The number of nitrogens with one attached hydrogen (secondary N) is 2. The van der Waals surface area contributed by atoms with Gasteiger partial charge in [0, 0.05) is 22.0 Å². The number of anilines is 2. The van der Waals surface area contributed by atoms with E-state index in [9.17, 15) is 4.79 Å². The predicted molar refractivity (Wildman–Crippen MR) is 130 cm³/mol. The van der Waals surface area contributed by atoms with Crippen molar-refractivity contribution in [2.45, 2.75) is 38.1 Å². The lowest BCUT2D eigenvalue weighted by molar-refractivity contribution is 0.102. The van der Waals surface area contributed by atoms with Crippen LogP contribution < -0.4 is 10.6 Å². The number of carbonyl (C=O) groups excluding carboxylic acids is 1. The van der Waals surface area contributed by atoms with Crippen LogP contribution in [0.4, 0.5) is 11.4 Å². The fourth-order valence-corrected chi connectivity index (χ4v) is 6.67. The Morgan fingerprint density at radius 2 is 1.81 bits per heavy atom. The first kappa shape index (κ1) is 19.9. The predicted octanol–water partition coefficient (Wildman–Crippen LogP) is 7.20. The van der Waals surface area contributed by atoms with Crippen LogP contribution in [0.3, 0.4) is 0 Å². The highest BCUT2D eigenvalue weighted by atomic mass is 35.5. The number of amides is 1. The average molecular weight is 443 g/mol. The summed E-state index contributed by atoms with van der Waals surface area (Å²) in [6.45, 7) is 1.96. The lowest BCUT2D eigenvalue weighted by Gasteiger charge is -2.43. The molecule has 4 heteroatoms. The Labute approximate surface area is 194 Å². The first-order valence-electron chi connectivity index (χ1n) is 11.6. The maximum absolute atomic E-state index is 13.1. The Balaban J connectivity index is 1.34. The zero-order valence-electron chi connectivity index (χ0n) is 18.1. The number of hydrogen-bond donors (Lipinski definition) is 2. The zero-order chi connectivity index (χ0) is 21.8. The van der Waals surface area contributed by atoms with Crippen LogP contribution in [0.15, 0.2) is 66.7 Å². The SMILES string of the molecule is Cc1ccc(NC(=O)c2ccc3c(c2)[C@H]2[C@@H]4CC[C@@H](C4)[C@H]2[C@H](c2ccccc2)N3)cc1Cl. The number of carbonyl (C=O) groups is 1. The van der Waals surface area contributed by atoms with E-state index in [1.54, 1.807) is 0 Å². The largest absolute Gasteiger partial charge is 0.378 e. The maximum Gasteiger partial charge on any atom is 0.255 e. The van der Waals surface area contributed by atoms with Gasteiger partial charge >= 0.3 is 0 Å². The quantitative estimate of drug-likeness (QED) is 0.450. The molecule has 3 aliphatic rings. The molecule has 3 aromatic carbocycles. The Morgan fingerprint density at radius 1 is 1.00 bits per heavy atom. The van der Waals surface area contributed by atoms with Gasteiger partial charge in [0.05, 0.1) is 6.04 Å². The van der Waals surface area contributed by atoms with Gasteiger partial charge in [-0.05, 0) is 96.9 Å². The van der Waals surface area contributed by atoms with Gasteiger partial charge in [0.1, 0.15) is 0 Å². The minimum absolute atomic E-state index is 0.0855. The molecule has 162 valence electrons. The number of benzene rings is 3. The van der Waals surface area contributed by atoms with Crippen LogP contribution in [0, 0.1) is 24.7 Å². The van der Waals surface area contributed by atoms with Crippen LogP contribution in [0.5, 0.6) is 0 Å². The van der Waals surface area contributed by atoms with E-state index in [1.807, 2.05) is 31.2 Å². The van der Waals surface area contributed by atoms with Crippen LogP contribution >= 0.6 is 11.6 Å². The molecule has 0 unspecified atom stereocenters. The lowest BCUT2D eigenvalue weighted by atomic mass is 9.68. The average Bonchev–Trinajstić information content (AvgIpc) is 3.44. The number of hydrogen-bond acceptors (Lipinski definition) is 2. The van der Waals surface area contributed by atoms with E-state index in [4.69, 9.17) is 11.6 Å². The van der Waals surface area contributed by atoms with Crippen LogP contribution in [0.1, 0.15) is 58.3 Å². The van der Waals surface area contributed by atoms with Crippen molar-refractivity contribution in [2.75, 3.05) is 10.6 Å². The minimum Gasteiger partial charge on any atom is -0.378 e. The summed E-state index contributed by atoms with van der Waals surface area (Å²) in [4.78, 5) is 13.1. The van der Waals surface area contributed by atoms with Crippen molar-refractivity contribution in [3.63, 3.8) is 0 Å². The van der Waals surface area contributed by atoms with Gasteiger partial charge in [-0.1, -0.05) is 48.0 Å². The molecule has 5 atom stereocenters. The molecule has 1 aliphatic heterocycles. The molecule has 2 N–H and O–H groups in total. The van der Waals surface area contributed by atoms with Crippen LogP contribution in [0.25, 0.3) is 0 Å². The third-order valence-corrected chi connectivity index (χ3v) is 8.34. The molecule has 0 radical (unpaired) electrons. The van der Waals surface area contributed by atoms with Gasteiger partial charge < -0.3 is 10.6 Å². The molecule has 2 fully saturated rings. The van der Waals surface area contributed by atoms with Gasteiger partial charge in [0.25, 0.3) is 5.91 Å². The molecule has 2 aliphatic carbocycles. The molecular formula is C28H27ClN2O. The van der Waals surface area contributed by atoms with Gasteiger partial charge in [-0.3, -0.25) is 4.79 Å². The minimum atomic E-state index is -0.0855. The molecule has 0 saturated heterocycles. The van der Waals surface area contributed by atoms with Crippen molar-refractivity contribution >= 4 is 28.9 Å². The van der Waals surface area contributed by atoms with E-state index in [2.05, 4.69) is 53.1 Å². The molecular weight excluding hydrogens is 416 g/mol. The standard InChI is InChI=1S/C28H27ClN2O/c1-16-7-11-21(15-23(16)29)30-28(32)20-10-12-24-22(14-20)25-18-8-9-19(13-18)26(25)27(31-24)17-5-3-2-4-6-17/h2-7,10-12,14-15,18-19,25-27,31H,8-9,13H2,1H3,(H,30,32)/t18-,19+,25-,26-,27+/m1/s1. The fraction of sp³-hybridized carbons (Fsp3) is 0.321. The maximum atomic E-state index is 13.1. The van der Waals surface area contributed by atoms with Crippen molar-refractivity contribution < 1.29 is 4.79 Å². The fourth-order valence-electron chi connectivity index (χ4n) is 6.49. The van der Waals surface area contributed by atoms with E-state index < -0.39 is 0 Å². The summed E-state index contributed by atoms with van der Waals surface area (Å²) in [6.07, 6.45) is 3.96. The van der Waals surface area contributed by atoms with E-state index in [-0.39, 0.29) is 5.91 Å². The monoisotopic (exact) mass is 442 g/mol.